The lowest BCUT2D eigenvalue weighted by Gasteiger charge is -2.30. The minimum absolute atomic E-state index is 0.159. The van der Waals surface area contributed by atoms with Crippen molar-refractivity contribution in [2.75, 3.05) is 33.4 Å². The largest absolute Gasteiger partial charge is 0.447 e. The van der Waals surface area contributed by atoms with Gasteiger partial charge in [0, 0.05) is 68.4 Å². The monoisotopic (exact) mass is 436 g/mol. The fraction of sp³-hybridized carbons (Fsp3) is 0.520. The normalized spacial score (nSPS) is 17.8. The number of ether oxygens (including phenoxy) is 1. The molecule has 1 fully saturated rings. The van der Waals surface area contributed by atoms with Gasteiger partial charge in [-0.1, -0.05) is 6.92 Å². The molecule has 1 aromatic carbocycles. The van der Waals surface area contributed by atoms with Gasteiger partial charge in [-0.15, -0.1) is 0 Å². The highest BCUT2D eigenvalue weighted by Crippen LogP contribution is 2.33. The number of rotatable bonds is 6. The molecule has 170 valence electrons. The first-order chi connectivity index (χ1) is 15.6. The number of amides is 1. The molecule has 2 aliphatic rings. The van der Waals surface area contributed by atoms with Crippen LogP contribution in [0.2, 0.25) is 0 Å². The Balaban J connectivity index is 1.47. The first-order valence-corrected chi connectivity index (χ1v) is 11.7. The smallest absolute Gasteiger partial charge is 0.253 e. The Labute approximate surface area is 188 Å². The zero-order valence-electron chi connectivity index (χ0n) is 19.0. The van der Waals surface area contributed by atoms with Gasteiger partial charge in [-0.25, -0.2) is 4.98 Å². The summed E-state index contributed by atoms with van der Waals surface area (Å²) in [5.41, 5.74) is 4.68. The van der Waals surface area contributed by atoms with Gasteiger partial charge in [0.2, 0.25) is 0 Å². The van der Waals surface area contributed by atoms with Crippen molar-refractivity contribution in [1.82, 2.24) is 19.4 Å². The fourth-order valence-corrected chi connectivity index (χ4v) is 5.15. The van der Waals surface area contributed by atoms with E-state index in [9.17, 15) is 4.79 Å². The number of aromatic nitrogens is 2. The molecule has 0 aliphatic carbocycles. The summed E-state index contributed by atoms with van der Waals surface area (Å²) >= 11 is 0. The average Bonchev–Trinajstić information content (AvgIpc) is 3.43. The van der Waals surface area contributed by atoms with E-state index in [1.165, 1.54) is 28.6 Å². The fourth-order valence-electron chi connectivity index (χ4n) is 5.15. The topological polar surface area (TPSA) is 63.7 Å². The van der Waals surface area contributed by atoms with E-state index in [0.29, 0.717) is 12.5 Å². The summed E-state index contributed by atoms with van der Waals surface area (Å²) in [7, 11) is 1.74. The molecule has 2 aromatic heterocycles. The van der Waals surface area contributed by atoms with Gasteiger partial charge in [-0.3, -0.25) is 9.69 Å². The Morgan fingerprint density at radius 1 is 1.25 bits per heavy atom. The van der Waals surface area contributed by atoms with Crippen LogP contribution in [-0.4, -0.2) is 58.6 Å². The molecule has 4 heterocycles. The van der Waals surface area contributed by atoms with Gasteiger partial charge < -0.3 is 18.6 Å². The van der Waals surface area contributed by atoms with Crippen LogP contribution in [0, 0.1) is 5.92 Å². The van der Waals surface area contributed by atoms with Crippen molar-refractivity contribution in [1.29, 1.82) is 0 Å². The Hall–Kier alpha value is -2.64. The lowest BCUT2D eigenvalue weighted by atomic mass is 9.98. The van der Waals surface area contributed by atoms with Gasteiger partial charge in [-0.05, 0) is 42.5 Å². The molecule has 0 bridgehead atoms. The van der Waals surface area contributed by atoms with Gasteiger partial charge in [-0.2, -0.15) is 0 Å². The molecule has 2 aliphatic heterocycles. The van der Waals surface area contributed by atoms with Crippen molar-refractivity contribution in [2.24, 2.45) is 5.92 Å². The van der Waals surface area contributed by atoms with E-state index in [0.717, 1.165) is 69.9 Å². The average molecular weight is 437 g/mol. The van der Waals surface area contributed by atoms with Crippen LogP contribution in [0.25, 0.3) is 10.9 Å². The second kappa shape index (κ2) is 9.08. The Kier molecular flexibility index (Phi) is 6.02. The summed E-state index contributed by atoms with van der Waals surface area (Å²) in [6.45, 7) is 8.03. The minimum atomic E-state index is 0.159. The third-order valence-corrected chi connectivity index (χ3v) is 7.03. The number of fused-ring (bicyclic) bond motifs is 3. The summed E-state index contributed by atoms with van der Waals surface area (Å²) in [6, 6.07) is 6.25. The number of methoxy groups -OCH3 is 1. The van der Waals surface area contributed by atoms with E-state index in [1.54, 1.807) is 13.3 Å². The van der Waals surface area contributed by atoms with Crippen LogP contribution in [0.1, 0.15) is 47.1 Å². The van der Waals surface area contributed by atoms with Crippen LogP contribution in [0.5, 0.6) is 0 Å². The first kappa shape index (κ1) is 21.2. The number of carbonyl (C=O) groups is 1. The zero-order valence-corrected chi connectivity index (χ0v) is 19.0. The first-order valence-electron chi connectivity index (χ1n) is 11.7. The van der Waals surface area contributed by atoms with Gasteiger partial charge in [0.1, 0.15) is 5.76 Å². The lowest BCUT2D eigenvalue weighted by Crippen LogP contribution is -2.37. The van der Waals surface area contributed by atoms with Crippen LogP contribution < -0.4 is 0 Å². The van der Waals surface area contributed by atoms with E-state index in [4.69, 9.17) is 9.15 Å². The van der Waals surface area contributed by atoms with E-state index in [1.807, 2.05) is 11.0 Å². The predicted octanol–water partition coefficient (Wildman–Crippen LogP) is 3.71. The highest BCUT2D eigenvalue weighted by Gasteiger charge is 2.27. The molecule has 7 nitrogen and oxygen atoms in total. The van der Waals surface area contributed by atoms with Crippen LogP contribution in [0.4, 0.5) is 0 Å². The standard InChI is InChI=1S/C25H32N4O3/c1-18-5-9-28(10-6-18)25(30)19-3-4-23-21(13-19)22-16-27(15-20-14-26-17-32-20)8-7-24(22)29(23)11-12-31-2/h3-4,13-14,17-18H,5-12,15-16H2,1-2H3. The molecule has 0 N–H and O–H groups in total. The molecule has 0 spiro atoms. The van der Waals surface area contributed by atoms with Crippen molar-refractivity contribution in [3.05, 3.63) is 53.4 Å². The lowest BCUT2D eigenvalue weighted by molar-refractivity contribution is 0.0697. The number of carbonyl (C=O) groups excluding carboxylic acids is 1. The number of hydrogen-bond donors (Lipinski definition) is 0. The highest BCUT2D eigenvalue weighted by molar-refractivity contribution is 5.99. The molecule has 0 unspecified atom stereocenters. The Morgan fingerprint density at radius 2 is 2.09 bits per heavy atom. The zero-order chi connectivity index (χ0) is 22.1. The molecular weight excluding hydrogens is 404 g/mol. The van der Waals surface area contributed by atoms with Crippen molar-refractivity contribution >= 4 is 16.8 Å². The summed E-state index contributed by atoms with van der Waals surface area (Å²) in [6.07, 6.45) is 6.42. The SMILES string of the molecule is COCCn1c2c(c3cc(C(=O)N4CCC(C)CC4)ccc31)CN(Cc1cnco1)CC2. The van der Waals surface area contributed by atoms with E-state index in [2.05, 4.69) is 33.5 Å². The molecule has 3 aromatic rings. The summed E-state index contributed by atoms with van der Waals surface area (Å²) < 4.78 is 13.2. The molecule has 0 saturated carbocycles. The molecule has 0 radical (unpaired) electrons. The number of nitrogens with zero attached hydrogens (tertiary/aromatic N) is 4. The number of piperidine rings is 1. The van der Waals surface area contributed by atoms with Crippen LogP contribution >= 0.6 is 0 Å². The van der Waals surface area contributed by atoms with Crippen molar-refractivity contribution in [3.8, 4) is 0 Å². The molecular formula is C25H32N4O3. The molecule has 1 amide bonds. The van der Waals surface area contributed by atoms with Gasteiger partial charge in [0.05, 0.1) is 19.3 Å². The number of benzene rings is 1. The van der Waals surface area contributed by atoms with Gasteiger partial charge >= 0.3 is 0 Å². The molecule has 0 atom stereocenters. The third-order valence-electron chi connectivity index (χ3n) is 7.03. The summed E-state index contributed by atoms with van der Waals surface area (Å²) in [4.78, 5) is 21.7. The number of likely N-dealkylation sites (tertiary alicyclic amines) is 1. The summed E-state index contributed by atoms with van der Waals surface area (Å²) in [5.74, 6) is 1.75. The quantitative estimate of drug-likeness (QED) is 0.590. The number of hydrogen-bond acceptors (Lipinski definition) is 5. The second-order valence-electron chi connectivity index (χ2n) is 9.20. The molecule has 32 heavy (non-hydrogen) atoms. The van der Waals surface area contributed by atoms with Crippen LogP contribution in [-0.2, 0) is 30.8 Å². The van der Waals surface area contributed by atoms with E-state index >= 15 is 0 Å². The van der Waals surface area contributed by atoms with E-state index < -0.39 is 0 Å². The maximum absolute atomic E-state index is 13.2. The Morgan fingerprint density at radius 3 is 2.84 bits per heavy atom. The van der Waals surface area contributed by atoms with Crippen LogP contribution in [0.3, 0.4) is 0 Å². The summed E-state index contributed by atoms with van der Waals surface area (Å²) in [5, 5.41) is 1.19. The van der Waals surface area contributed by atoms with Crippen molar-refractivity contribution < 1.29 is 13.9 Å². The minimum Gasteiger partial charge on any atom is -0.447 e. The van der Waals surface area contributed by atoms with Gasteiger partial charge in [0.25, 0.3) is 5.91 Å². The van der Waals surface area contributed by atoms with Crippen molar-refractivity contribution in [2.45, 2.75) is 45.8 Å². The maximum Gasteiger partial charge on any atom is 0.253 e. The maximum atomic E-state index is 13.2. The number of oxazole rings is 1. The second-order valence-corrected chi connectivity index (χ2v) is 9.20. The third kappa shape index (κ3) is 4.07. The van der Waals surface area contributed by atoms with Crippen molar-refractivity contribution in [3.63, 3.8) is 0 Å². The molecule has 1 saturated heterocycles. The molecule has 5 rings (SSSR count). The highest BCUT2D eigenvalue weighted by atomic mass is 16.5. The predicted molar refractivity (Wildman–Crippen MR) is 122 cm³/mol. The Bertz CT molecular complexity index is 1080. The van der Waals surface area contributed by atoms with Crippen LogP contribution in [0.15, 0.2) is 35.2 Å². The van der Waals surface area contributed by atoms with E-state index in [-0.39, 0.29) is 5.91 Å². The van der Waals surface area contributed by atoms with Gasteiger partial charge in [0.15, 0.2) is 6.39 Å². The molecule has 7 heteroatoms.